The highest BCUT2D eigenvalue weighted by Crippen LogP contribution is 2.29. The van der Waals surface area contributed by atoms with E-state index in [0.717, 1.165) is 61.7 Å². The number of piperidine rings is 1. The summed E-state index contributed by atoms with van der Waals surface area (Å²) >= 11 is 0. The summed E-state index contributed by atoms with van der Waals surface area (Å²) in [5.74, 6) is 1.79. The van der Waals surface area contributed by atoms with E-state index in [1.807, 2.05) is 13.0 Å². The molecular formula is C24H24F3N5O. The number of alkyl halides is 3. The lowest BCUT2D eigenvalue weighted by atomic mass is 10.1. The third-order valence-corrected chi connectivity index (χ3v) is 5.39. The highest BCUT2D eigenvalue weighted by atomic mass is 19.4. The number of hydrogen-bond donors (Lipinski definition) is 2. The molecule has 2 N–H and O–H groups in total. The van der Waals surface area contributed by atoms with E-state index in [9.17, 15) is 18.0 Å². The number of hydrogen-bond acceptors (Lipinski definition) is 5. The standard InChI is InChI=1S/C24H24F3N5O/c1-16-28-21(15-22(29-16)32-13-3-2-4-14-32)30-19-9-11-20(12-10-19)31-23(33)17-5-7-18(8-6-17)24(25,26)27/h5-12,15H,2-4,13-14H2,1H3,(H,31,33)(H,28,29,30). The van der Waals surface area contributed by atoms with Gasteiger partial charge in [0.05, 0.1) is 5.56 Å². The van der Waals surface area contributed by atoms with Crippen molar-refractivity contribution in [3.8, 4) is 0 Å². The Bertz CT molecular complexity index is 1110. The zero-order valence-corrected chi connectivity index (χ0v) is 18.1. The molecule has 1 saturated heterocycles. The molecule has 6 nitrogen and oxygen atoms in total. The molecule has 0 saturated carbocycles. The fraction of sp³-hybridized carbons (Fsp3) is 0.292. The average molecular weight is 455 g/mol. The van der Waals surface area contributed by atoms with Crippen LogP contribution in [0.25, 0.3) is 0 Å². The molecule has 9 heteroatoms. The van der Waals surface area contributed by atoms with Gasteiger partial charge < -0.3 is 15.5 Å². The summed E-state index contributed by atoms with van der Waals surface area (Å²) in [5.41, 5.74) is 0.660. The van der Waals surface area contributed by atoms with Gasteiger partial charge in [-0.2, -0.15) is 13.2 Å². The number of carbonyl (C=O) groups is 1. The lowest BCUT2D eigenvalue weighted by Crippen LogP contribution is -2.30. The third kappa shape index (κ3) is 5.79. The molecule has 0 aliphatic carbocycles. The maximum absolute atomic E-state index is 12.7. The minimum Gasteiger partial charge on any atom is -0.356 e. The summed E-state index contributed by atoms with van der Waals surface area (Å²) in [6.45, 7) is 3.84. The van der Waals surface area contributed by atoms with Crippen LogP contribution in [0, 0.1) is 6.92 Å². The van der Waals surface area contributed by atoms with E-state index in [1.165, 1.54) is 6.42 Å². The van der Waals surface area contributed by atoms with Crippen LogP contribution in [-0.4, -0.2) is 29.0 Å². The van der Waals surface area contributed by atoms with Crippen molar-refractivity contribution in [2.75, 3.05) is 28.6 Å². The molecule has 0 bridgehead atoms. The smallest absolute Gasteiger partial charge is 0.356 e. The zero-order valence-electron chi connectivity index (χ0n) is 18.1. The average Bonchev–Trinajstić information content (AvgIpc) is 2.80. The quantitative estimate of drug-likeness (QED) is 0.510. The molecule has 1 fully saturated rings. The molecule has 1 aromatic heterocycles. The second-order valence-corrected chi connectivity index (χ2v) is 7.94. The number of nitrogens with zero attached hydrogens (tertiary/aromatic N) is 3. The van der Waals surface area contributed by atoms with Crippen LogP contribution in [0.3, 0.4) is 0 Å². The van der Waals surface area contributed by atoms with Gasteiger partial charge in [0.1, 0.15) is 17.5 Å². The predicted molar refractivity (Wildman–Crippen MR) is 122 cm³/mol. The SMILES string of the molecule is Cc1nc(Nc2ccc(NC(=O)c3ccc(C(F)(F)F)cc3)cc2)cc(N2CCCCC2)n1. The van der Waals surface area contributed by atoms with Gasteiger partial charge in [0.25, 0.3) is 5.91 Å². The van der Waals surface area contributed by atoms with Crippen molar-refractivity contribution in [2.45, 2.75) is 32.4 Å². The summed E-state index contributed by atoms with van der Waals surface area (Å²) in [5, 5.41) is 5.95. The van der Waals surface area contributed by atoms with Crippen LogP contribution >= 0.6 is 0 Å². The van der Waals surface area contributed by atoms with Crippen molar-refractivity contribution >= 4 is 28.9 Å². The molecule has 1 amide bonds. The minimum absolute atomic E-state index is 0.145. The zero-order chi connectivity index (χ0) is 23.4. The molecule has 3 aromatic rings. The molecular weight excluding hydrogens is 431 g/mol. The summed E-state index contributed by atoms with van der Waals surface area (Å²) in [7, 11) is 0. The summed E-state index contributed by atoms with van der Waals surface area (Å²) in [6.07, 6.45) is -0.876. The normalized spacial score (nSPS) is 14.1. The van der Waals surface area contributed by atoms with E-state index < -0.39 is 17.6 Å². The number of aromatic nitrogens is 2. The first-order chi connectivity index (χ1) is 15.8. The summed E-state index contributed by atoms with van der Waals surface area (Å²) < 4.78 is 38.1. The van der Waals surface area contributed by atoms with Gasteiger partial charge >= 0.3 is 6.18 Å². The second kappa shape index (κ2) is 9.48. The van der Waals surface area contributed by atoms with Crippen LogP contribution < -0.4 is 15.5 Å². The van der Waals surface area contributed by atoms with E-state index in [0.29, 0.717) is 17.3 Å². The third-order valence-electron chi connectivity index (χ3n) is 5.39. The fourth-order valence-corrected chi connectivity index (χ4v) is 3.70. The Morgan fingerprint density at radius 1 is 0.909 bits per heavy atom. The first kappa shape index (κ1) is 22.6. The lowest BCUT2D eigenvalue weighted by Gasteiger charge is -2.28. The molecule has 0 spiro atoms. The van der Waals surface area contributed by atoms with Gasteiger partial charge in [0.15, 0.2) is 0 Å². The van der Waals surface area contributed by atoms with Crippen molar-refractivity contribution in [2.24, 2.45) is 0 Å². The molecule has 0 atom stereocenters. The number of amides is 1. The van der Waals surface area contributed by atoms with Crippen molar-refractivity contribution in [1.29, 1.82) is 0 Å². The van der Waals surface area contributed by atoms with Gasteiger partial charge in [-0.05, 0) is 74.7 Å². The summed E-state index contributed by atoms with van der Waals surface area (Å²) in [6, 6.07) is 13.0. The molecule has 1 aliphatic heterocycles. The van der Waals surface area contributed by atoms with Gasteiger partial charge in [-0.3, -0.25) is 4.79 Å². The van der Waals surface area contributed by atoms with Crippen molar-refractivity contribution in [1.82, 2.24) is 9.97 Å². The Kier molecular flexibility index (Phi) is 6.48. The number of carbonyl (C=O) groups excluding carboxylic acids is 1. The molecule has 172 valence electrons. The van der Waals surface area contributed by atoms with Gasteiger partial charge in [-0.1, -0.05) is 0 Å². The minimum atomic E-state index is -4.44. The van der Waals surface area contributed by atoms with Crippen LogP contribution in [0.2, 0.25) is 0 Å². The van der Waals surface area contributed by atoms with Gasteiger partial charge in [0.2, 0.25) is 0 Å². The molecule has 0 unspecified atom stereocenters. The molecule has 2 aromatic carbocycles. The maximum atomic E-state index is 12.7. The van der Waals surface area contributed by atoms with Gasteiger partial charge in [0, 0.05) is 36.1 Å². The lowest BCUT2D eigenvalue weighted by molar-refractivity contribution is -0.137. The Morgan fingerprint density at radius 2 is 1.55 bits per heavy atom. The number of nitrogens with one attached hydrogen (secondary N) is 2. The van der Waals surface area contributed by atoms with E-state index in [1.54, 1.807) is 24.3 Å². The van der Waals surface area contributed by atoms with Crippen molar-refractivity contribution < 1.29 is 18.0 Å². The first-order valence-corrected chi connectivity index (χ1v) is 10.7. The predicted octanol–water partition coefficient (Wildman–Crippen LogP) is 5.79. The second-order valence-electron chi connectivity index (χ2n) is 7.94. The monoisotopic (exact) mass is 455 g/mol. The molecule has 33 heavy (non-hydrogen) atoms. The summed E-state index contributed by atoms with van der Waals surface area (Å²) in [4.78, 5) is 23.6. The number of anilines is 4. The highest BCUT2D eigenvalue weighted by molar-refractivity contribution is 6.04. The molecule has 0 radical (unpaired) electrons. The Morgan fingerprint density at radius 3 is 2.18 bits per heavy atom. The first-order valence-electron chi connectivity index (χ1n) is 10.7. The van der Waals surface area contributed by atoms with E-state index in [4.69, 9.17) is 0 Å². The molecule has 1 aliphatic rings. The van der Waals surface area contributed by atoms with E-state index in [2.05, 4.69) is 25.5 Å². The van der Waals surface area contributed by atoms with E-state index >= 15 is 0 Å². The number of halogens is 3. The van der Waals surface area contributed by atoms with Gasteiger partial charge in [-0.25, -0.2) is 9.97 Å². The Labute approximate surface area is 189 Å². The number of rotatable bonds is 5. The van der Waals surface area contributed by atoms with Gasteiger partial charge in [-0.15, -0.1) is 0 Å². The van der Waals surface area contributed by atoms with Crippen LogP contribution in [0.4, 0.5) is 36.2 Å². The highest BCUT2D eigenvalue weighted by Gasteiger charge is 2.30. The van der Waals surface area contributed by atoms with Crippen LogP contribution in [0.5, 0.6) is 0 Å². The molecule has 2 heterocycles. The largest absolute Gasteiger partial charge is 0.416 e. The van der Waals surface area contributed by atoms with E-state index in [-0.39, 0.29) is 5.56 Å². The Hall–Kier alpha value is -3.62. The topological polar surface area (TPSA) is 70.2 Å². The number of aryl methyl sites for hydroxylation is 1. The molecule has 4 rings (SSSR count). The maximum Gasteiger partial charge on any atom is 0.416 e. The Balaban J connectivity index is 1.40. The van der Waals surface area contributed by atoms with Crippen molar-refractivity contribution in [3.05, 3.63) is 71.5 Å². The van der Waals surface area contributed by atoms with Crippen molar-refractivity contribution in [3.63, 3.8) is 0 Å². The number of benzene rings is 2. The van der Waals surface area contributed by atoms with Crippen LogP contribution in [0.1, 0.15) is 41.0 Å². The van der Waals surface area contributed by atoms with Crippen LogP contribution in [-0.2, 0) is 6.18 Å². The van der Waals surface area contributed by atoms with Crippen LogP contribution in [0.15, 0.2) is 54.6 Å². The fourth-order valence-electron chi connectivity index (χ4n) is 3.70.